The predicted octanol–water partition coefficient (Wildman–Crippen LogP) is 6.60. The number of carbonyl (C=O) groups is 2. The van der Waals surface area contributed by atoms with Gasteiger partial charge in [0.25, 0.3) is 5.91 Å². The molecule has 0 aliphatic rings. The molecule has 6 heteroatoms. The van der Waals surface area contributed by atoms with Crippen molar-refractivity contribution in [2.75, 3.05) is 11.9 Å². The van der Waals surface area contributed by atoms with Crippen LogP contribution < -0.4 is 5.32 Å². The van der Waals surface area contributed by atoms with Crippen molar-refractivity contribution < 1.29 is 14.3 Å². The molecule has 0 saturated carbocycles. The number of nitrogens with one attached hydrogen (secondary N) is 1. The SMILES string of the molecule is CCOC(=O)c1c(-c2ccc(C)cc2)csc1NC(=O)C(C#N)=Cc1cccc2ccccc12. The van der Waals surface area contributed by atoms with Gasteiger partial charge in [0.15, 0.2) is 0 Å². The van der Waals surface area contributed by atoms with Crippen LogP contribution in [-0.4, -0.2) is 18.5 Å². The summed E-state index contributed by atoms with van der Waals surface area (Å²) in [6.07, 6.45) is 1.57. The lowest BCUT2D eigenvalue weighted by atomic mass is 10.0. The molecule has 0 aliphatic carbocycles. The van der Waals surface area contributed by atoms with Gasteiger partial charge in [-0.05, 0) is 41.8 Å². The van der Waals surface area contributed by atoms with E-state index in [0.717, 1.165) is 27.5 Å². The maximum Gasteiger partial charge on any atom is 0.341 e. The van der Waals surface area contributed by atoms with Crippen molar-refractivity contribution in [2.24, 2.45) is 0 Å². The van der Waals surface area contributed by atoms with Gasteiger partial charge < -0.3 is 10.1 Å². The largest absolute Gasteiger partial charge is 0.462 e. The van der Waals surface area contributed by atoms with Crippen LogP contribution in [0.15, 0.2) is 77.7 Å². The van der Waals surface area contributed by atoms with Crippen LogP contribution in [0.5, 0.6) is 0 Å². The Bertz CT molecular complexity index is 1440. The number of anilines is 1. The summed E-state index contributed by atoms with van der Waals surface area (Å²) in [5.41, 5.74) is 3.61. The maximum atomic E-state index is 13.1. The van der Waals surface area contributed by atoms with Crippen LogP contribution >= 0.6 is 11.3 Å². The lowest BCUT2D eigenvalue weighted by molar-refractivity contribution is -0.112. The van der Waals surface area contributed by atoms with Crippen LogP contribution in [-0.2, 0) is 9.53 Å². The average Bonchev–Trinajstić information content (AvgIpc) is 3.26. The highest BCUT2D eigenvalue weighted by Crippen LogP contribution is 2.36. The number of rotatable bonds is 6. The third-order valence-electron chi connectivity index (χ3n) is 5.35. The van der Waals surface area contributed by atoms with Crippen molar-refractivity contribution >= 4 is 45.1 Å². The number of fused-ring (bicyclic) bond motifs is 1. The lowest BCUT2D eigenvalue weighted by Crippen LogP contribution is -2.16. The first-order chi connectivity index (χ1) is 16.5. The summed E-state index contributed by atoms with van der Waals surface area (Å²) >= 11 is 1.23. The van der Waals surface area contributed by atoms with Gasteiger partial charge in [-0.25, -0.2) is 4.79 Å². The summed E-state index contributed by atoms with van der Waals surface area (Å²) in [4.78, 5) is 25.9. The second-order valence-electron chi connectivity index (χ2n) is 7.63. The van der Waals surface area contributed by atoms with Gasteiger partial charge in [-0.1, -0.05) is 72.3 Å². The maximum absolute atomic E-state index is 13.1. The number of nitrogens with zero attached hydrogens (tertiary/aromatic N) is 1. The summed E-state index contributed by atoms with van der Waals surface area (Å²) in [7, 11) is 0. The summed E-state index contributed by atoms with van der Waals surface area (Å²) in [5.74, 6) is -1.11. The predicted molar refractivity (Wildman–Crippen MR) is 137 cm³/mol. The molecule has 168 valence electrons. The van der Waals surface area contributed by atoms with Crippen molar-refractivity contribution in [3.8, 4) is 17.2 Å². The van der Waals surface area contributed by atoms with Crippen molar-refractivity contribution in [1.29, 1.82) is 5.26 Å². The quantitative estimate of drug-likeness (QED) is 0.197. The van der Waals surface area contributed by atoms with E-state index < -0.39 is 11.9 Å². The van der Waals surface area contributed by atoms with E-state index in [1.165, 1.54) is 11.3 Å². The topological polar surface area (TPSA) is 79.2 Å². The van der Waals surface area contributed by atoms with Crippen LogP contribution in [0.3, 0.4) is 0 Å². The lowest BCUT2D eigenvalue weighted by Gasteiger charge is -2.09. The molecular formula is C28H22N2O3S. The van der Waals surface area contributed by atoms with Gasteiger partial charge in [0, 0.05) is 10.9 Å². The van der Waals surface area contributed by atoms with Crippen LogP contribution in [0.25, 0.3) is 28.0 Å². The van der Waals surface area contributed by atoms with Gasteiger partial charge in [-0.2, -0.15) is 5.26 Å². The Kier molecular flexibility index (Phi) is 6.86. The molecule has 4 rings (SSSR count). The average molecular weight is 467 g/mol. The Morgan fingerprint density at radius 3 is 2.53 bits per heavy atom. The second kappa shape index (κ2) is 10.2. The third-order valence-corrected chi connectivity index (χ3v) is 6.24. The Balaban J connectivity index is 1.70. The fraction of sp³-hybridized carbons (Fsp3) is 0.107. The second-order valence-corrected chi connectivity index (χ2v) is 8.51. The molecule has 0 aliphatic heterocycles. The van der Waals surface area contributed by atoms with Crippen molar-refractivity contribution in [3.63, 3.8) is 0 Å². The zero-order valence-corrected chi connectivity index (χ0v) is 19.6. The molecule has 5 nitrogen and oxygen atoms in total. The van der Waals surface area contributed by atoms with Crippen molar-refractivity contribution in [2.45, 2.75) is 13.8 Å². The van der Waals surface area contributed by atoms with E-state index in [2.05, 4.69) is 5.32 Å². The Labute approximate surface area is 201 Å². The first kappa shape index (κ1) is 23.0. The molecule has 1 aromatic heterocycles. The normalized spacial score (nSPS) is 11.1. The van der Waals surface area contributed by atoms with E-state index in [1.807, 2.05) is 85.1 Å². The van der Waals surface area contributed by atoms with Crippen molar-refractivity contribution in [3.05, 3.63) is 94.4 Å². The molecule has 3 aromatic carbocycles. The third kappa shape index (κ3) is 4.75. The van der Waals surface area contributed by atoms with Crippen molar-refractivity contribution in [1.82, 2.24) is 0 Å². The van der Waals surface area contributed by atoms with Crippen LogP contribution in [0, 0.1) is 18.3 Å². The Morgan fingerprint density at radius 1 is 1.06 bits per heavy atom. The molecule has 4 aromatic rings. The molecule has 34 heavy (non-hydrogen) atoms. The zero-order valence-electron chi connectivity index (χ0n) is 18.8. The summed E-state index contributed by atoms with van der Waals surface area (Å²) < 4.78 is 5.26. The van der Waals surface area contributed by atoms with Gasteiger partial charge in [0.1, 0.15) is 22.2 Å². The van der Waals surface area contributed by atoms with E-state index in [4.69, 9.17) is 4.74 Å². The van der Waals surface area contributed by atoms with E-state index in [1.54, 1.807) is 13.0 Å². The molecule has 0 radical (unpaired) electrons. The smallest absolute Gasteiger partial charge is 0.341 e. The molecule has 0 spiro atoms. The fourth-order valence-corrected chi connectivity index (χ4v) is 4.60. The van der Waals surface area contributed by atoms with Gasteiger partial charge in [-0.15, -0.1) is 11.3 Å². The van der Waals surface area contributed by atoms with E-state index in [9.17, 15) is 14.9 Å². The van der Waals surface area contributed by atoms with Gasteiger partial charge in [0.2, 0.25) is 0 Å². The first-order valence-corrected chi connectivity index (χ1v) is 11.7. The van der Waals surface area contributed by atoms with Gasteiger partial charge >= 0.3 is 5.97 Å². The highest BCUT2D eigenvalue weighted by Gasteiger charge is 2.23. The summed E-state index contributed by atoms with van der Waals surface area (Å²) in [6, 6.07) is 23.2. The Hall–Kier alpha value is -4.21. The molecule has 1 amide bonds. The number of thiophene rings is 1. The number of benzene rings is 3. The van der Waals surface area contributed by atoms with Gasteiger partial charge in [-0.3, -0.25) is 4.79 Å². The minimum Gasteiger partial charge on any atom is -0.462 e. The standard InChI is InChI=1S/C28H22N2O3S/c1-3-33-28(32)25-24(20-13-11-18(2)12-14-20)17-34-27(25)30-26(31)22(16-29)15-21-9-6-8-19-7-4-5-10-23(19)21/h4-15,17H,3H2,1-2H3,(H,30,31). The highest BCUT2D eigenvalue weighted by molar-refractivity contribution is 7.15. The number of carbonyl (C=O) groups excluding carboxylic acids is 2. The summed E-state index contributed by atoms with van der Waals surface area (Å²) in [5, 5.41) is 16.6. The minimum atomic E-state index is -0.585. The summed E-state index contributed by atoms with van der Waals surface area (Å²) in [6.45, 7) is 3.93. The fourth-order valence-electron chi connectivity index (χ4n) is 3.65. The first-order valence-electron chi connectivity index (χ1n) is 10.8. The van der Waals surface area contributed by atoms with E-state index in [-0.39, 0.29) is 17.7 Å². The number of hydrogen-bond donors (Lipinski definition) is 1. The molecular weight excluding hydrogens is 444 g/mol. The molecule has 0 saturated heterocycles. The molecule has 0 bridgehead atoms. The van der Waals surface area contributed by atoms with Crippen LogP contribution in [0.1, 0.15) is 28.4 Å². The number of ether oxygens (including phenoxy) is 1. The zero-order chi connectivity index (χ0) is 24.1. The molecule has 0 fully saturated rings. The molecule has 0 unspecified atom stereocenters. The molecule has 1 heterocycles. The molecule has 0 atom stereocenters. The number of hydrogen-bond acceptors (Lipinski definition) is 5. The van der Waals surface area contributed by atoms with E-state index >= 15 is 0 Å². The molecule has 1 N–H and O–H groups in total. The number of nitriles is 1. The Morgan fingerprint density at radius 2 is 1.79 bits per heavy atom. The number of aryl methyl sites for hydroxylation is 1. The minimum absolute atomic E-state index is 0.0588. The van der Waals surface area contributed by atoms with Crippen LogP contribution in [0.2, 0.25) is 0 Å². The number of esters is 1. The number of amides is 1. The monoisotopic (exact) mass is 466 g/mol. The van der Waals surface area contributed by atoms with E-state index in [0.29, 0.717) is 10.6 Å². The highest BCUT2D eigenvalue weighted by atomic mass is 32.1. The van der Waals surface area contributed by atoms with Crippen LogP contribution in [0.4, 0.5) is 5.00 Å². The van der Waals surface area contributed by atoms with Gasteiger partial charge in [0.05, 0.1) is 6.61 Å².